The maximum Gasteiger partial charge on any atom is 0.408 e. The Morgan fingerprint density at radius 2 is 1.96 bits per heavy atom. The van der Waals surface area contributed by atoms with E-state index in [1.54, 1.807) is 37.3 Å². The van der Waals surface area contributed by atoms with Gasteiger partial charge in [0.25, 0.3) is 0 Å². The molecule has 0 unspecified atom stereocenters. The lowest BCUT2D eigenvalue weighted by molar-refractivity contribution is -0.132. The van der Waals surface area contributed by atoms with Gasteiger partial charge in [-0.15, -0.1) is 10.2 Å². The summed E-state index contributed by atoms with van der Waals surface area (Å²) in [4.78, 5) is 25.6. The predicted molar refractivity (Wildman–Crippen MR) is 92.2 cm³/mol. The molecule has 10 heteroatoms. The third-order valence-electron chi connectivity index (χ3n) is 3.40. The van der Waals surface area contributed by atoms with Crippen molar-refractivity contribution in [3.05, 3.63) is 5.82 Å². The van der Waals surface area contributed by atoms with E-state index >= 15 is 0 Å². The summed E-state index contributed by atoms with van der Waals surface area (Å²) in [7, 11) is 1.80. The molecule has 140 valence electrons. The highest BCUT2D eigenvalue weighted by Crippen LogP contribution is 2.16. The van der Waals surface area contributed by atoms with Gasteiger partial charge < -0.3 is 24.3 Å². The van der Waals surface area contributed by atoms with Crippen LogP contribution in [0.15, 0.2) is 5.16 Å². The Bertz CT molecular complexity index is 608. The summed E-state index contributed by atoms with van der Waals surface area (Å²) in [6.45, 7) is 8.03. The van der Waals surface area contributed by atoms with Crippen molar-refractivity contribution in [2.45, 2.75) is 38.1 Å². The number of hydrogen-bond donors (Lipinski definition) is 1. The minimum atomic E-state index is -0.551. The summed E-state index contributed by atoms with van der Waals surface area (Å²) in [5, 5.41) is 11.4. The molecule has 1 aromatic heterocycles. The molecule has 0 saturated carbocycles. The topological polar surface area (TPSA) is 98.6 Å². The van der Waals surface area contributed by atoms with Crippen LogP contribution >= 0.6 is 11.8 Å². The molecule has 9 nitrogen and oxygen atoms in total. The number of thioether (sulfide) groups is 1. The molecule has 1 aromatic rings. The number of hydrogen-bond acceptors (Lipinski definition) is 7. The van der Waals surface area contributed by atoms with Crippen molar-refractivity contribution >= 4 is 23.8 Å². The van der Waals surface area contributed by atoms with E-state index in [9.17, 15) is 9.59 Å². The Labute approximate surface area is 151 Å². The van der Waals surface area contributed by atoms with Gasteiger partial charge in [-0.2, -0.15) is 0 Å². The van der Waals surface area contributed by atoms with Crippen LogP contribution in [-0.4, -0.2) is 69.3 Å². The zero-order chi connectivity index (χ0) is 18.4. The molecule has 0 spiro atoms. The lowest BCUT2D eigenvalue weighted by Gasteiger charge is -2.26. The molecule has 1 aliphatic heterocycles. The van der Waals surface area contributed by atoms with E-state index in [0.717, 1.165) is 0 Å². The third-order valence-corrected chi connectivity index (χ3v) is 4.41. The van der Waals surface area contributed by atoms with Gasteiger partial charge in [0.05, 0.1) is 25.5 Å². The predicted octanol–water partition coefficient (Wildman–Crippen LogP) is 0.791. The molecule has 1 aliphatic rings. The first kappa shape index (κ1) is 19.5. The fraction of sp³-hybridized carbons (Fsp3) is 0.733. The molecule has 2 heterocycles. The van der Waals surface area contributed by atoms with Gasteiger partial charge in [0.1, 0.15) is 5.60 Å². The first-order chi connectivity index (χ1) is 11.8. The van der Waals surface area contributed by atoms with Crippen LogP contribution in [0.4, 0.5) is 4.79 Å². The second-order valence-electron chi connectivity index (χ2n) is 6.60. The maximum absolute atomic E-state index is 12.2. The number of carbonyl (C=O) groups is 2. The summed E-state index contributed by atoms with van der Waals surface area (Å²) in [6.07, 6.45) is -0.507. The van der Waals surface area contributed by atoms with Crippen LogP contribution in [0.5, 0.6) is 0 Å². The van der Waals surface area contributed by atoms with E-state index in [1.807, 2.05) is 0 Å². The lowest BCUT2D eigenvalue weighted by Crippen LogP contribution is -2.41. The van der Waals surface area contributed by atoms with Crippen LogP contribution < -0.4 is 5.32 Å². The molecule has 1 N–H and O–H groups in total. The standard InChI is InChI=1S/C15H25N5O4S/c1-15(2,3)24-14(22)16-9-11-17-18-13(19(11)4)25-10-12(21)20-5-7-23-8-6-20/h5-10H2,1-4H3,(H,16,22). The summed E-state index contributed by atoms with van der Waals surface area (Å²) < 4.78 is 12.2. The molecule has 0 aliphatic carbocycles. The van der Waals surface area contributed by atoms with Gasteiger partial charge in [0.2, 0.25) is 5.91 Å². The molecule has 1 fully saturated rings. The van der Waals surface area contributed by atoms with Gasteiger partial charge in [-0.1, -0.05) is 11.8 Å². The second-order valence-corrected chi connectivity index (χ2v) is 7.54. The van der Waals surface area contributed by atoms with Crippen molar-refractivity contribution in [2.75, 3.05) is 32.1 Å². The molecule has 25 heavy (non-hydrogen) atoms. The van der Waals surface area contributed by atoms with E-state index in [2.05, 4.69) is 15.5 Å². The van der Waals surface area contributed by atoms with Crippen molar-refractivity contribution < 1.29 is 19.1 Å². The first-order valence-corrected chi connectivity index (χ1v) is 9.08. The Morgan fingerprint density at radius 1 is 1.28 bits per heavy atom. The average Bonchev–Trinajstić information content (AvgIpc) is 2.90. The lowest BCUT2D eigenvalue weighted by atomic mass is 10.2. The van der Waals surface area contributed by atoms with E-state index in [0.29, 0.717) is 43.0 Å². The minimum absolute atomic E-state index is 0.0599. The SMILES string of the molecule is Cn1c(CNC(=O)OC(C)(C)C)nnc1SCC(=O)N1CCOCC1. The van der Waals surface area contributed by atoms with Crippen LogP contribution in [0.2, 0.25) is 0 Å². The van der Waals surface area contributed by atoms with E-state index in [4.69, 9.17) is 9.47 Å². The van der Waals surface area contributed by atoms with E-state index in [1.165, 1.54) is 11.8 Å². The molecule has 2 rings (SSSR count). The molecular formula is C15H25N5O4S. The number of alkyl carbamates (subject to hydrolysis) is 1. The Morgan fingerprint density at radius 3 is 2.60 bits per heavy atom. The highest BCUT2D eigenvalue weighted by Gasteiger charge is 2.19. The molecule has 1 saturated heterocycles. The zero-order valence-corrected chi connectivity index (χ0v) is 15.9. The van der Waals surface area contributed by atoms with Gasteiger partial charge in [0.15, 0.2) is 11.0 Å². The highest BCUT2D eigenvalue weighted by molar-refractivity contribution is 7.99. The number of nitrogens with one attached hydrogen (secondary N) is 1. The normalized spacial score (nSPS) is 15.1. The number of rotatable bonds is 5. The molecule has 0 radical (unpaired) electrons. The van der Waals surface area contributed by atoms with Gasteiger partial charge in [0, 0.05) is 20.1 Å². The van der Waals surface area contributed by atoms with E-state index in [-0.39, 0.29) is 12.5 Å². The van der Waals surface area contributed by atoms with E-state index < -0.39 is 11.7 Å². The fourth-order valence-corrected chi connectivity index (χ4v) is 2.95. The smallest absolute Gasteiger partial charge is 0.408 e. The molecule has 0 atom stereocenters. The monoisotopic (exact) mass is 371 g/mol. The van der Waals surface area contributed by atoms with Crippen molar-refractivity contribution in [1.82, 2.24) is 25.0 Å². The second kappa shape index (κ2) is 8.52. The van der Waals surface area contributed by atoms with Gasteiger partial charge in [-0.05, 0) is 20.8 Å². The fourth-order valence-electron chi connectivity index (χ4n) is 2.12. The van der Waals surface area contributed by atoms with Crippen LogP contribution in [-0.2, 0) is 27.9 Å². The van der Waals surface area contributed by atoms with Crippen LogP contribution in [0, 0.1) is 0 Å². The zero-order valence-electron chi connectivity index (χ0n) is 15.1. The van der Waals surface area contributed by atoms with Crippen LogP contribution in [0.3, 0.4) is 0 Å². The third kappa shape index (κ3) is 6.20. The summed E-state index contributed by atoms with van der Waals surface area (Å²) in [6, 6.07) is 0. The summed E-state index contributed by atoms with van der Waals surface area (Å²) in [5.41, 5.74) is -0.551. The highest BCUT2D eigenvalue weighted by atomic mass is 32.2. The van der Waals surface area contributed by atoms with Crippen LogP contribution in [0.1, 0.15) is 26.6 Å². The number of aromatic nitrogens is 3. The number of morpholine rings is 1. The molecule has 0 bridgehead atoms. The first-order valence-electron chi connectivity index (χ1n) is 8.10. The molecule has 2 amide bonds. The number of ether oxygens (including phenoxy) is 2. The Kier molecular flexibility index (Phi) is 6.65. The van der Waals surface area contributed by atoms with Gasteiger partial charge >= 0.3 is 6.09 Å². The van der Waals surface area contributed by atoms with Gasteiger partial charge in [-0.3, -0.25) is 4.79 Å². The largest absolute Gasteiger partial charge is 0.444 e. The number of carbonyl (C=O) groups excluding carboxylic acids is 2. The number of amides is 2. The quantitative estimate of drug-likeness (QED) is 0.764. The average molecular weight is 371 g/mol. The molecular weight excluding hydrogens is 346 g/mol. The summed E-state index contributed by atoms with van der Waals surface area (Å²) in [5.74, 6) is 0.947. The minimum Gasteiger partial charge on any atom is -0.444 e. The Balaban J connectivity index is 1.81. The number of nitrogens with zero attached hydrogens (tertiary/aromatic N) is 4. The van der Waals surface area contributed by atoms with Gasteiger partial charge in [-0.25, -0.2) is 4.79 Å². The maximum atomic E-state index is 12.2. The van der Waals surface area contributed by atoms with Crippen molar-refractivity contribution in [2.24, 2.45) is 7.05 Å². The molecule has 0 aromatic carbocycles. The van der Waals surface area contributed by atoms with Crippen molar-refractivity contribution in [3.8, 4) is 0 Å². The Hall–Kier alpha value is -1.81. The van der Waals surface area contributed by atoms with Crippen LogP contribution in [0.25, 0.3) is 0 Å². The summed E-state index contributed by atoms with van der Waals surface area (Å²) >= 11 is 1.33. The van der Waals surface area contributed by atoms with Crippen molar-refractivity contribution in [1.29, 1.82) is 0 Å². The van der Waals surface area contributed by atoms with Crippen molar-refractivity contribution in [3.63, 3.8) is 0 Å².